The molecule has 3 heteroatoms. The molecule has 0 amide bonds. The van der Waals surface area contributed by atoms with Crippen molar-refractivity contribution in [2.24, 2.45) is 0 Å². The monoisotopic (exact) mass is 277 g/mol. The summed E-state index contributed by atoms with van der Waals surface area (Å²) in [5, 5.41) is 6.65. The van der Waals surface area contributed by atoms with Gasteiger partial charge in [-0.1, -0.05) is 23.7 Å². The Kier molecular flexibility index (Phi) is 3.69. The summed E-state index contributed by atoms with van der Waals surface area (Å²) < 4.78 is 0. The minimum atomic E-state index is 0.511. The van der Waals surface area contributed by atoms with Gasteiger partial charge in [-0.15, -0.1) is 11.3 Å². The van der Waals surface area contributed by atoms with Crippen molar-refractivity contribution < 1.29 is 0 Å². The molecule has 1 aliphatic carbocycles. The first kappa shape index (κ1) is 12.2. The Hall–Kier alpha value is -0.830. The summed E-state index contributed by atoms with van der Waals surface area (Å²) in [6.07, 6.45) is 3.46. The van der Waals surface area contributed by atoms with Gasteiger partial charge in [0, 0.05) is 22.5 Å². The maximum atomic E-state index is 6.02. The summed E-state index contributed by atoms with van der Waals surface area (Å²) in [4.78, 5) is 1.46. The summed E-state index contributed by atoms with van der Waals surface area (Å²) in [7, 11) is 0. The molecule has 1 aromatic carbocycles. The van der Waals surface area contributed by atoms with Crippen molar-refractivity contribution in [3.8, 4) is 0 Å². The molecule has 2 aromatic rings. The van der Waals surface area contributed by atoms with Gasteiger partial charge in [0.05, 0.1) is 0 Å². The molecule has 94 valence electrons. The number of hydrogen-bond donors (Lipinski definition) is 1. The van der Waals surface area contributed by atoms with Crippen molar-refractivity contribution in [1.29, 1.82) is 0 Å². The molecule has 1 aliphatic rings. The summed E-state index contributed by atoms with van der Waals surface area (Å²) in [5.74, 6) is 0. The first-order valence-electron chi connectivity index (χ1n) is 6.37. The molecule has 0 spiro atoms. The average Bonchev–Trinajstić information content (AvgIpc) is 2.99. The highest BCUT2D eigenvalue weighted by Crippen LogP contribution is 2.32. The molecule has 1 nitrogen and oxygen atoms in total. The van der Waals surface area contributed by atoms with Crippen LogP contribution in [0, 0.1) is 0 Å². The van der Waals surface area contributed by atoms with E-state index < -0.39 is 0 Å². The quantitative estimate of drug-likeness (QED) is 0.882. The fourth-order valence-corrected chi connectivity index (χ4v) is 3.53. The van der Waals surface area contributed by atoms with Crippen LogP contribution >= 0.6 is 22.9 Å². The van der Waals surface area contributed by atoms with Crippen LogP contribution < -0.4 is 5.32 Å². The molecular weight excluding hydrogens is 262 g/mol. The van der Waals surface area contributed by atoms with Gasteiger partial charge in [0.1, 0.15) is 0 Å². The van der Waals surface area contributed by atoms with Gasteiger partial charge in [-0.3, -0.25) is 0 Å². The number of hydrogen-bond acceptors (Lipinski definition) is 2. The van der Waals surface area contributed by atoms with Gasteiger partial charge in [0.2, 0.25) is 0 Å². The van der Waals surface area contributed by atoms with Crippen LogP contribution in [0.4, 0.5) is 0 Å². The van der Waals surface area contributed by atoms with E-state index in [0.29, 0.717) is 6.04 Å². The second-order valence-electron chi connectivity index (χ2n) is 4.72. The number of fused-ring (bicyclic) bond motifs is 1. The number of aryl methyl sites for hydroxylation is 1. The summed E-state index contributed by atoms with van der Waals surface area (Å²) in [5.41, 5.74) is 2.85. The smallest absolute Gasteiger partial charge is 0.0408 e. The Bertz CT molecular complexity index is 521. The minimum absolute atomic E-state index is 0.511. The molecule has 1 aromatic heterocycles. The van der Waals surface area contributed by atoms with Gasteiger partial charge in [-0.25, -0.2) is 0 Å². The maximum Gasteiger partial charge on any atom is 0.0408 e. The van der Waals surface area contributed by atoms with Gasteiger partial charge in [-0.05, 0) is 54.0 Å². The van der Waals surface area contributed by atoms with Crippen LogP contribution in [0.2, 0.25) is 5.02 Å². The van der Waals surface area contributed by atoms with E-state index in [1.165, 1.54) is 22.4 Å². The first-order chi connectivity index (χ1) is 8.83. The maximum absolute atomic E-state index is 6.02. The van der Waals surface area contributed by atoms with E-state index in [0.717, 1.165) is 24.4 Å². The second-order valence-corrected chi connectivity index (χ2v) is 6.19. The van der Waals surface area contributed by atoms with Crippen LogP contribution in [-0.2, 0) is 12.8 Å². The Labute approximate surface area is 117 Å². The van der Waals surface area contributed by atoms with Gasteiger partial charge >= 0.3 is 0 Å². The lowest BCUT2D eigenvalue weighted by molar-refractivity contribution is 0.535. The van der Waals surface area contributed by atoms with E-state index in [1.54, 1.807) is 0 Å². The van der Waals surface area contributed by atoms with Crippen LogP contribution in [0.5, 0.6) is 0 Å². The molecule has 1 N–H and O–H groups in total. The number of thiophene rings is 1. The van der Waals surface area contributed by atoms with Crippen molar-refractivity contribution in [2.75, 3.05) is 6.54 Å². The molecular formula is C15H16ClNS. The highest BCUT2D eigenvalue weighted by Gasteiger charge is 2.21. The molecule has 0 aliphatic heterocycles. The molecule has 3 rings (SSSR count). The van der Waals surface area contributed by atoms with Gasteiger partial charge < -0.3 is 5.32 Å². The average molecular weight is 278 g/mol. The van der Waals surface area contributed by atoms with Crippen LogP contribution in [0.15, 0.2) is 35.7 Å². The lowest BCUT2D eigenvalue weighted by Crippen LogP contribution is -2.21. The van der Waals surface area contributed by atoms with Crippen molar-refractivity contribution in [3.05, 3.63) is 56.7 Å². The number of nitrogens with one attached hydrogen (secondary N) is 1. The van der Waals surface area contributed by atoms with Crippen LogP contribution in [0.1, 0.15) is 28.5 Å². The third-order valence-corrected chi connectivity index (χ3v) is 4.70. The van der Waals surface area contributed by atoms with Crippen molar-refractivity contribution in [3.63, 3.8) is 0 Å². The largest absolute Gasteiger partial charge is 0.310 e. The zero-order chi connectivity index (χ0) is 12.4. The number of halogens is 1. The molecule has 0 bridgehead atoms. The zero-order valence-corrected chi connectivity index (χ0v) is 11.7. The SMILES string of the molecule is Clc1ccc2c(c1)CCC2NCCc1cccs1. The number of rotatable bonds is 4. The van der Waals surface area contributed by atoms with E-state index in [2.05, 4.69) is 35.0 Å². The first-order valence-corrected chi connectivity index (χ1v) is 7.63. The third kappa shape index (κ3) is 2.61. The molecule has 1 unspecified atom stereocenters. The molecule has 18 heavy (non-hydrogen) atoms. The van der Waals surface area contributed by atoms with Gasteiger partial charge in [-0.2, -0.15) is 0 Å². The Morgan fingerprint density at radius 1 is 1.33 bits per heavy atom. The van der Waals surface area contributed by atoms with E-state index in [4.69, 9.17) is 11.6 Å². The highest BCUT2D eigenvalue weighted by molar-refractivity contribution is 7.09. The standard InChI is InChI=1S/C15H16ClNS/c16-12-4-5-14-11(10-12)3-6-15(14)17-8-7-13-2-1-9-18-13/h1-2,4-5,9-10,15,17H,3,6-8H2. The van der Waals surface area contributed by atoms with Crippen molar-refractivity contribution in [1.82, 2.24) is 5.32 Å². The van der Waals surface area contributed by atoms with E-state index in [9.17, 15) is 0 Å². The van der Waals surface area contributed by atoms with Gasteiger partial charge in [0.25, 0.3) is 0 Å². The van der Waals surface area contributed by atoms with Crippen LogP contribution in [-0.4, -0.2) is 6.54 Å². The lowest BCUT2D eigenvalue weighted by atomic mass is 10.1. The second kappa shape index (κ2) is 5.43. The molecule has 0 saturated heterocycles. The molecule has 1 atom stereocenters. The fourth-order valence-electron chi connectivity index (χ4n) is 2.62. The predicted octanol–water partition coefficient (Wildman–Crippen LogP) is 4.22. The van der Waals surface area contributed by atoms with E-state index in [1.807, 2.05) is 17.4 Å². The molecule has 1 heterocycles. The normalized spacial score (nSPS) is 17.9. The van der Waals surface area contributed by atoms with Gasteiger partial charge in [0.15, 0.2) is 0 Å². The fraction of sp³-hybridized carbons (Fsp3) is 0.333. The zero-order valence-electron chi connectivity index (χ0n) is 10.2. The van der Waals surface area contributed by atoms with E-state index in [-0.39, 0.29) is 0 Å². The predicted molar refractivity (Wildman–Crippen MR) is 78.5 cm³/mol. The van der Waals surface area contributed by atoms with Crippen LogP contribution in [0.25, 0.3) is 0 Å². The molecule has 0 fully saturated rings. The summed E-state index contributed by atoms with van der Waals surface area (Å²) in [6, 6.07) is 11.1. The van der Waals surface area contributed by atoms with Crippen molar-refractivity contribution in [2.45, 2.75) is 25.3 Å². The van der Waals surface area contributed by atoms with Crippen molar-refractivity contribution >= 4 is 22.9 Å². The molecule has 0 saturated carbocycles. The summed E-state index contributed by atoms with van der Waals surface area (Å²) >= 11 is 7.86. The van der Waals surface area contributed by atoms with E-state index >= 15 is 0 Å². The topological polar surface area (TPSA) is 12.0 Å². The highest BCUT2D eigenvalue weighted by atomic mass is 35.5. The Balaban J connectivity index is 1.59. The Morgan fingerprint density at radius 2 is 2.28 bits per heavy atom. The molecule has 0 radical (unpaired) electrons. The Morgan fingerprint density at radius 3 is 3.11 bits per heavy atom. The summed E-state index contributed by atoms with van der Waals surface area (Å²) in [6.45, 7) is 1.05. The number of benzene rings is 1. The lowest BCUT2D eigenvalue weighted by Gasteiger charge is -2.13. The third-order valence-electron chi connectivity index (χ3n) is 3.53. The minimum Gasteiger partial charge on any atom is -0.310 e. The van der Waals surface area contributed by atoms with Crippen LogP contribution in [0.3, 0.4) is 0 Å².